The van der Waals surface area contributed by atoms with E-state index < -0.39 is 0 Å². The van der Waals surface area contributed by atoms with Crippen LogP contribution in [0.1, 0.15) is 11.1 Å². The van der Waals surface area contributed by atoms with Crippen LogP contribution in [0.3, 0.4) is 0 Å². The van der Waals surface area contributed by atoms with Gasteiger partial charge in [0.1, 0.15) is 0 Å². The van der Waals surface area contributed by atoms with Crippen molar-refractivity contribution in [1.82, 2.24) is 0 Å². The summed E-state index contributed by atoms with van der Waals surface area (Å²) < 4.78 is 0. The minimum absolute atomic E-state index is 0.734. The maximum absolute atomic E-state index is 6.09. The fourth-order valence-corrected chi connectivity index (χ4v) is 3.23. The maximum Gasteiger partial charge on any atom is 0.0462 e. The predicted octanol–water partition coefficient (Wildman–Crippen LogP) is 7.98. The molecule has 4 aromatic rings. The average Bonchev–Trinajstić information content (AvgIpc) is 2.76. The molecule has 0 aliphatic rings. The standard InChI is InChI=1S/C26H20ClN/c27-23-15-19-26(20-16-23)28(24-9-5-2-6-10-24)25-17-13-22(14-18-25)12-11-21-7-3-1-4-8-21/h1-20H/b12-11+. The van der Waals surface area contributed by atoms with Crippen molar-refractivity contribution in [3.05, 3.63) is 125 Å². The van der Waals surface area contributed by atoms with Gasteiger partial charge < -0.3 is 4.90 Å². The van der Waals surface area contributed by atoms with Gasteiger partial charge in [0.2, 0.25) is 0 Å². The molecular weight excluding hydrogens is 362 g/mol. The normalized spacial score (nSPS) is 10.9. The van der Waals surface area contributed by atoms with Crippen molar-refractivity contribution in [1.29, 1.82) is 0 Å². The highest BCUT2D eigenvalue weighted by atomic mass is 35.5. The zero-order chi connectivity index (χ0) is 19.2. The lowest BCUT2D eigenvalue weighted by Crippen LogP contribution is -2.09. The molecule has 2 heteroatoms. The number of para-hydroxylation sites is 1. The van der Waals surface area contributed by atoms with E-state index in [0.717, 1.165) is 27.6 Å². The van der Waals surface area contributed by atoms with Gasteiger partial charge in [0.05, 0.1) is 0 Å². The summed E-state index contributed by atoms with van der Waals surface area (Å²) in [5, 5.41) is 0.734. The van der Waals surface area contributed by atoms with Crippen LogP contribution in [0.15, 0.2) is 109 Å². The van der Waals surface area contributed by atoms with E-state index in [1.807, 2.05) is 48.5 Å². The summed E-state index contributed by atoms with van der Waals surface area (Å²) in [6.45, 7) is 0. The Labute approximate surface area is 171 Å². The van der Waals surface area contributed by atoms with Crippen LogP contribution in [0.4, 0.5) is 17.1 Å². The molecule has 0 spiro atoms. The molecule has 0 saturated heterocycles. The van der Waals surface area contributed by atoms with Gasteiger partial charge >= 0.3 is 0 Å². The van der Waals surface area contributed by atoms with Gasteiger partial charge in [0.25, 0.3) is 0 Å². The quantitative estimate of drug-likeness (QED) is 0.317. The highest BCUT2D eigenvalue weighted by Gasteiger charge is 2.11. The van der Waals surface area contributed by atoms with Crippen LogP contribution in [-0.4, -0.2) is 0 Å². The number of nitrogens with zero attached hydrogens (tertiary/aromatic N) is 1. The molecule has 4 rings (SSSR count). The predicted molar refractivity (Wildman–Crippen MR) is 122 cm³/mol. The molecule has 0 aliphatic carbocycles. The van der Waals surface area contributed by atoms with Crippen molar-refractivity contribution >= 4 is 40.8 Å². The van der Waals surface area contributed by atoms with E-state index >= 15 is 0 Å². The molecule has 0 unspecified atom stereocenters. The van der Waals surface area contributed by atoms with E-state index in [-0.39, 0.29) is 0 Å². The molecule has 0 heterocycles. The Balaban J connectivity index is 1.65. The van der Waals surface area contributed by atoms with Gasteiger partial charge in [-0.15, -0.1) is 0 Å². The van der Waals surface area contributed by atoms with E-state index in [9.17, 15) is 0 Å². The molecule has 136 valence electrons. The molecule has 1 nitrogen and oxygen atoms in total. The van der Waals surface area contributed by atoms with Gasteiger partial charge in [-0.3, -0.25) is 0 Å². The molecule has 4 aromatic carbocycles. The smallest absolute Gasteiger partial charge is 0.0462 e. The second kappa shape index (κ2) is 8.60. The van der Waals surface area contributed by atoms with Crippen molar-refractivity contribution in [2.24, 2.45) is 0 Å². The molecule has 0 aliphatic heterocycles. The SMILES string of the molecule is Clc1ccc(N(c2ccccc2)c2ccc(/C=C/c3ccccc3)cc2)cc1. The van der Waals surface area contributed by atoms with Crippen molar-refractivity contribution < 1.29 is 0 Å². The van der Waals surface area contributed by atoms with Gasteiger partial charge in [-0.05, 0) is 59.7 Å². The lowest BCUT2D eigenvalue weighted by atomic mass is 10.1. The Morgan fingerprint density at radius 1 is 0.464 bits per heavy atom. The number of rotatable bonds is 5. The maximum atomic E-state index is 6.09. The number of halogens is 1. The van der Waals surface area contributed by atoms with Crippen LogP contribution in [0.2, 0.25) is 5.02 Å². The minimum Gasteiger partial charge on any atom is -0.311 e. The summed E-state index contributed by atoms with van der Waals surface area (Å²) >= 11 is 6.09. The van der Waals surface area contributed by atoms with Crippen LogP contribution < -0.4 is 4.90 Å². The number of benzene rings is 4. The number of anilines is 3. The third-order valence-corrected chi connectivity index (χ3v) is 4.77. The van der Waals surface area contributed by atoms with Gasteiger partial charge in [-0.25, -0.2) is 0 Å². The topological polar surface area (TPSA) is 3.24 Å². The number of hydrogen-bond donors (Lipinski definition) is 0. The molecule has 28 heavy (non-hydrogen) atoms. The molecule has 0 N–H and O–H groups in total. The van der Waals surface area contributed by atoms with Crippen molar-refractivity contribution in [2.45, 2.75) is 0 Å². The first-order valence-corrected chi connectivity index (χ1v) is 9.61. The van der Waals surface area contributed by atoms with E-state index in [1.165, 1.54) is 5.56 Å². The van der Waals surface area contributed by atoms with Crippen LogP contribution in [-0.2, 0) is 0 Å². The van der Waals surface area contributed by atoms with E-state index in [4.69, 9.17) is 11.6 Å². The first kappa shape index (κ1) is 18.1. The Kier molecular flexibility index (Phi) is 5.56. The summed E-state index contributed by atoms with van der Waals surface area (Å²) in [4.78, 5) is 2.22. The van der Waals surface area contributed by atoms with Gasteiger partial charge in [0.15, 0.2) is 0 Å². The fraction of sp³-hybridized carbons (Fsp3) is 0. The summed E-state index contributed by atoms with van der Waals surface area (Å²) in [7, 11) is 0. The van der Waals surface area contributed by atoms with Gasteiger partial charge in [0, 0.05) is 22.1 Å². The second-order valence-electron chi connectivity index (χ2n) is 6.48. The summed E-state index contributed by atoms with van der Waals surface area (Å²) in [5.74, 6) is 0. The van der Waals surface area contributed by atoms with Crippen molar-refractivity contribution in [3.63, 3.8) is 0 Å². The van der Waals surface area contributed by atoms with E-state index in [2.05, 4.69) is 77.7 Å². The molecule has 0 bridgehead atoms. The molecule has 0 saturated carbocycles. The third-order valence-electron chi connectivity index (χ3n) is 4.52. The summed E-state index contributed by atoms with van der Waals surface area (Å²) in [5.41, 5.74) is 5.64. The first-order chi connectivity index (χ1) is 13.8. The first-order valence-electron chi connectivity index (χ1n) is 9.23. The van der Waals surface area contributed by atoms with Crippen LogP contribution in [0, 0.1) is 0 Å². The molecule has 0 fully saturated rings. The van der Waals surface area contributed by atoms with Crippen LogP contribution in [0.25, 0.3) is 12.2 Å². The minimum atomic E-state index is 0.734. The van der Waals surface area contributed by atoms with Gasteiger partial charge in [-0.1, -0.05) is 84.4 Å². The summed E-state index contributed by atoms with van der Waals surface area (Å²) in [6, 6.07) is 37.2. The molecule has 0 atom stereocenters. The van der Waals surface area contributed by atoms with Crippen molar-refractivity contribution in [2.75, 3.05) is 4.90 Å². The summed E-state index contributed by atoms with van der Waals surface area (Å²) in [6.07, 6.45) is 4.26. The molecular formula is C26H20ClN. The Morgan fingerprint density at radius 3 is 1.46 bits per heavy atom. The second-order valence-corrected chi connectivity index (χ2v) is 6.92. The third kappa shape index (κ3) is 4.33. The zero-order valence-electron chi connectivity index (χ0n) is 15.4. The molecule has 0 amide bonds. The number of hydrogen-bond acceptors (Lipinski definition) is 1. The lowest BCUT2D eigenvalue weighted by molar-refractivity contribution is 1.28. The van der Waals surface area contributed by atoms with E-state index in [0.29, 0.717) is 0 Å². The van der Waals surface area contributed by atoms with E-state index in [1.54, 1.807) is 0 Å². The Morgan fingerprint density at radius 2 is 0.893 bits per heavy atom. The van der Waals surface area contributed by atoms with Crippen LogP contribution >= 0.6 is 11.6 Å². The average molecular weight is 382 g/mol. The fourth-order valence-electron chi connectivity index (χ4n) is 3.11. The Hall–Kier alpha value is -3.29. The monoisotopic (exact) mass is 381 g/mol. The lowest BCUT2D eigenvalue weighted by Gasteiger charge is -2.25. The molecule has 0 radical (unpaired) electrons. The largest absolute Gasteiger partial charge is 0.311 e. The molecule has 0 aromatic heterocycles. The zero-order valence-corrected chi connectivity index (χ0v) is 16.1. The van der Waals surface area contributed by atoms with Crippen molar-refractivity contribution in [3.8, 4) is 0 Å². The highest BCUT2D eigenvalue weighted by molar-refractivity contribution is 6.30. The van der Waals surface area contributed by atoms with Crippen LogP contribution in [0.5, 0.6) is 0 Å². The van der Waals surface area contributed by atoms with Gasteiger partial charge in [-0.2, -0.15) is 0 Å². The Bertz CT molecular complexity index is 1040. The highest BCUT2D eigenvalue weighted by Crippen LogP contribution is 2.34.